The van der Waals surface area contributed by atoms with Crippen LogP contribution in [0.5, 0.6) is 17.2 Å². The largest absolute Gasteiger partial charge is 0.491 e. The molecule has 0 saturated carbocycles. The van der Waals surface area contributed by atoms with Gasteiger partial charge in [-0.2, -0.15) is 0 Å². The predicted molar refractivity (Wildman–Crippen MR) is 414 cm³/mol. The first-order chi connectivity index (χ1) is 54.2. The Morgan fingerprint density at radius 2 is 0.514 bits per heavy atom. The van der Waals surface area contributed by atoms with Crippen LogP contribution in [0.25, 0.3) is 22.3 Å². The van der Waals surface area contributed by atoms with Gasteiger partial charge in [0, 0.05) is 83.7 Å². The zero-order chi connectivity index (χ0) is 77.6. The lowest BCUT2D eigenvalue weighted by atomic mass is 10.0. The molecular formula is C80H98N4O24S3. The molecule has 4 aliphatic rings. The molecule has 8 heterocycles. The van der Waals surface area contributed by atoms with E-state index < -0.39 is 109 Å². The van der Waals surface area contributed by atoms with Crippen LogP contribution in [0.1, 0.15) is 45.0 Å². The molecular weight excluding hydrogens is 1500 g/mol. The maximum Gasteiger partial charge on any atom is 0.132 e. The van der Waals surface area contributed by atoms with Crippen LogP contribution in [-0.4, -0.2) is 307 Å². The van der Waals surface area contributed by atoms with E-state index in [1.54, 1.807) is 0 Å². The molecule has 12 rings (SSSR count). The number of rotatable bonds is 40. The van der Waals surface area contributed by atoms with Crippen LogP contribution < -0.4 is 35.6 Å². The molecule has 3 fully saturated rings. The van der Waals surface area contributed by atoms with Gasteiger partial charge in [-0.3, -0.25) is 0 Å². The van der Waals surface area contributed by atoms with Crippen LogP contribution in [0.3, 0.4) is 0 Å². The molecule has 15 atom stereocenters. The van der Waals surface area contributed by atoms with E-state index >= 15 is 0 Å². The molecule has 0 spiro atoms. The first kappa shape index (κ1) is 83.5. The molecule has 4 aliphatic heterocycles. The Hall–Kier alpha value is -6.91. The van der Waals surface area contributed by atoms with Gasteiger partial charge in [0.2, 0.25) is 0 Å². The highest BCUT2D eigenvalue weighted by atomic mass is 32.2. The number of fused-ring (bicyclic) bond motifs is 8. The molecule has 0 aliphatic carbocycles. The molecule has 111 heavy (non-hydrogen) atoms. The summed E-state index contributed by atoms with van der Waals surface area (Å²) in [6, 6.07) is 50.8. The van der Waals surface area contributed by atoms with Crippen molar-refractivity contribution >= 4 is 57.6 Å². The molecule has 600 valence electrons. The van der Waals surface area contributed by atoms with Gasteiger partial charge in [-0.05, 0) is 107 Å². The quantitative estimate of drug-likeness (QED) is 0.0227. The maximum atomic E-state index is 10.4. The summed E-state index contributed by atoms with van der Waals surface area (Å²) >= 11 is 3.67. The second kappa shape index (κ2) is 41.9. The number of aromatic amines is 4. The Morgan fingerprint density at radius 3 is 0.784 bits per heavy atom. The lowest BCUT2D eigenvalue weighted by Crippen LogP contribution is -2.57. The molecule has 28 nitrogen and oxygen atoms in total. The van der Waals surface area contributed by atoms with E-state index in [1.807, 2.05) is 91.0 Å². The third-order valence-electron chi connectivity index (χ3n) is 19.1. The Morgan fingerprint density at radius 1 is 0.261 bits per heavy atom. The van der Waals surface area contributed by atoms with Gasteiger partial charge in [0.25, 0.3) is 0 Å². The number of aliphatic hydroxyl groups excluding tert-OH is 12. The predicted octanol–water partition coefficient (Wildman–Crippen LogP) is 0.137. The zero-order valence-corrected chi connectivity index (χ0v) is 63.4. The fourth-order valence-corrected chi connectivity index (χ4v) is 16.3. The summed E-state index contributed by atoms with van der Waals surface area (Å²) in [6.07, 6.45) is -15.4. The summed E-state index contributed by atoms with van der Waals surface area (Å²) in [6.45, 7) is 3.14. The van der Waals surface area contributed by atoms with Gasteiger partial charge in [-0.15, -0.1) is 35.3 Å². The van der Waals surface area contributed by atoms with E-state index in [4.69, 9.17) is 56.8 Å². The van der Waals surface area contributed by atoms with Crippen LogP contribution in [0.2, 0.25) is 0 Å². The Labute approximate surface area is 653 Å². The van der Waals surface area contributed by atoms with Crippen molar-refractivity contribution < 1.29 is 118 Å². The average molecular weight is 1600 g/mol. The second-order valence-electron chi connectivity index (χ2n) is 26.5. The van der Waals surface area contributed by atoms with E-state index in [1.165, 1.54) is 35.3 Å². The number of hydrogen-bond acceptors (Lipinski definition) is 27. The number of nitrogens with one attached hydrogen (secondary N) is 4. The van der Waals surface area contributed by atoms with Gasteiger partial charge in [-0.1, -0.05) is 66.7 Å². The topological polar surface area (TPSA) is 417 Å². The molecule has 8 bridgehead atoms. The molecule has 0 amide bonds. The zero-order valence-electron chi connectivity index (χ0n) is 60.9. The van der Waals surface area contributed by atoms with E-state index in [2.05, 4.69) is 80.6 Å². The normalized spacial score (nSPS) is 24.8. The van der Waals surface area contributed by atoms with Gasteiger partial charge < -0.3 is 138 Å². The standard InChI is InChI=1S/C80H98N4O24S3/c85-44-62-69(88)72(91)75(94)78(106-62)109-41-38-100-29-26-97-32-35-103-51-12-6-48(7-13-51)66-56-20-18-54(81-56)65(47-4-2-1-3-5-47)55-19-21-57(82-55)67(49-8-14-52(15-9-49)104-36-33-98-27-30-101-39-42-110-79-76(95)73(92)70(89)63(45-86)107-79)59-23-25-61(84-59)68(60-24-22-58(66)83-60)50-10-16-53(17-11-50)105-37-34-99-28-31-102-40-43-111-80-77(96)74(93)71(90)64(46-87)108-80/h1-25,62-64,69-96H,26-46H2/t62?,63?,64?,69-,70?,71-,72+,73+,74+,75-,76+,77-,78?,79-,80?/m1/s1. The summed E-state index contributed by atoms with van der Waals surface area (Å²) in [5.41, 5.74) is 8.24. The summed E-state index contributed by atoms with van der Waals surface area (Å²) < 4.78 is 69.9. The van der Waals surface area contributed by atoms with Crippen molar-refractivity contribution in [2.75, 3.05) is 136 Å². The highest BCUT2D eigenvalue weighted by Gasteiger charge is 2.46. The number of aromatic nitrogens is 4. The van der Waals surface area contributed by atoms with Crippen molar-refractivity contribution in [1.82, 2.24) is 19.9 Å². The Kier molecular flexibility index (Phi) is 31.5. The third-order valence-corrected chi connectivity index (χ3v) is 22.4. The van der Waals surface area contributed by atoms with Gasteiger partial charge >= 0.3 is 0 Å². The van der Waals surface area contributed by atoms with E-state index in [-0.39, 0.29) is 19.8 Å². The number of thioether (sulfide) groups is 3. The van der Waals surface area contributed by atoms with Crippen LogP contribution >= 0.6 is 35.3 Å². The third kappa shape index (κ3) is 21.7. The lowest BCUT2D eigenvalue weighted by molar-refractivity contribution is -0.205. The number of H-pyrrole nitrogens is 4. The molecule has 16 N–H and O–H groups in total. The van der Waals surface area contributed by atoms with Crippen LogP contribution in [0.15, 0.2) is 152 Å². The summed E-state index contributed by atoms with van der Waals surface area (Å²) in [7, 11) is 0. The minimum atomic E-state index is -1.43. The molecule has 4 aromatic heterocycles. The average Bonchev–Trinajstić information content (AvgIpc) is 1.62. The van der Waals surface area contributed by atoms with Crippen molar-refractivity contribution in [2.24, 2.45) is 0 Å². The molecule has 0 radical (unpaired) electrons. The number of ether oxygens (including phenoxy) is 12. The van der Waals surface area contributed by atoms with E-state index in [0.29, 0.717) is 114 Å². The van der Waals surface area contributed by atoms with Gasteiger partial charge in [0.05, 0.1) is 99.1 Å². The fraction of sp³-hybridized carbons (Fsp3) is 0.450. The molecule has 31 heteroatoms. The lowest BCUT2D eigenvalue weighted by Gasteiger charge is -2.39. The van der Waals surface area contributed by atoms with Crippen molar-refractivity contribution in [3.05, 3.63) is 218 Å². The second-order valence-corrected chi connectivity index (χ2v) is 30.1. The minimum absolute atomic E-state index is 0.273. The van der Waals surface area contributed by atoms with Crippen molar-refractivity contribution in [1.29, 1.82) is 0 Å². The monoisotopic (exact) mass is 1590 g/mol. The summed E-state index contributed by atoms with van der Waals surface area (Å²) in [4.78, 5) is 15.4. The van der Waals surface area contributed by atoms with E-state index in [9.17, 15) is 61.3 Å². The Balaban J connectivity index is 0.743. The summed E-state index contributed by atoms with van der Waals surface area (Å²) in [5, 5.41) is 124. The number of aliphatic hydroxyl groups is 12. The van der Waals surface area contributed by atoms with Crippen molar-refractivity contribution in [2.45, 2.75) is 89.6 Å². The summed E-state index contributed by atoms with van der Waals surface area (Å²) in [5.74, 6) is 3.25. The van der Waals surface area contributed by atoms with Crippen molar-refractivity contribution in [3.63, 3.8) is 0 Å². The van der Waals surface area contributed by atoms with Crippen molar-refractivity contribution in [3.8, 4) is 17.2 Å². The van der Waals surface area contributed by atoms with E-state index in [0.717, 1.165) is 88.7 Å². The SMILES string of the molecule is OCC1O[C@H](SCCOCCOCCOc2ccc(C3=c4ccc([nH]4)=C(c4ccccc4)c4ccc([nH]4)C(c4ccc(OCCOCCOCCSC5OC(CO)[C@@H](O)[C@H](O)[C@H]5O)cc4)=c4ccc([nH]4)=C(c4ccc(OCCOCCOCCSC5OC(CO)[C@@H](O)[C@H](O)[C@H]5O)cc4)c4ccc3[nH]4)cc2)[C@@H](O)[C@@H](O)C1O. The molecule has 8 aromatic rings. The van der Waals surface area contributed by atoms with Gasteiger partial charge in [0.15, 0.2) is 0 Å². The van der Waals surface area contributed by atoms with Crippen LogP contribution in [0.4, 0.5) is 0 Å². The maximum absolute atomic E-state index is 10.4. The fourth-order valence-electron chi connectivity index (χ4n) is 13.2. The number of benzene rings is 4. The molecule has 6 unspecified atom stereocenters. The van der Waals surface area contributed by atoms with Crippen LogP contribution in [0, 0.1) is 0 Å². The molecule has 4 aromatic carbocycles. The van der Waals surface area contributed by atoms with Gasteiger partial charge in [-0.25, -0.2) is 0 Å². The first-order valence-electron chi connectivity index (χ1n) is 36.9. The van der Waals surface area contributed by atoms with Gasteiger partial charge in [0.1, 0.15) is 127 Å². The first-order valence-corrected chi connectivity index (χ1v) is 40.1. The number of hydrogen-bond donors (Lipinski definition) is 16. The molecule has 3 saturated heterocycles. The highest BCUT2D eigenvalue weighted by molar-refractivity contribution is 8.00. The Bertz CT molecular complexity index is 4390. The minimum Gasteiger partial charge on any atom is -0.491 e. The van der Waals surface area contributed by atoms with Crippen LogP contribution in [-0.2, 0) is 42.6 Å². The highest BCUT2D eigenvalue weighted by Crippen LogP contribution is 2.34. The smallest absolute Gasteiger partial charge is 0.132 e.